The van der Waals surface area contributed by atoms with Crippen molar-refractivity contribution >= 4 is 16.9 Å². The average Bonchev–Trinajstić information content (AvgIpc) is 3.46. The summed E-state index contributed by atoms with van der Waals surface area (Å²) in [5.41, 5.74) is 3.76. The fraction of sp³-hybridized carbons (Fsp3) is 0.333. The summed E-state index contributed by atoms with van der Waals surface area (Å²) in [5, 5.41) is 9.03. The molecule has 5 rings (SSSR count). The second-order valence-corrected chi connectivity index (χ2v) is 7.37. The number of imidazole rings is 1. The SMILES string of the molecule is CCC(C(=O)N1CCCn2nc(-c3nc4ccccc4[nH]3)cc2C1)n1cccn1. The molecule has 29 heavy (non-hydrogen) atoms. The fourth-order valence-corrected chi connectivity index (χ4v) is 3.99. The number of para-hydroxylation sites is 2. The van der Waals surface area contributed by atoms with E-state index in [0.29, 0.717) is 13.0 Å². The van der Waals surface area contributed by atoms with Gasteiger partial charge in [0.15, 0.2) is 5.82 Å². The Hall–Kier alpha value is -3.42. The minimum Gasteiger partial charge on any atom is -0.337 e. The van der Waals surface area contributed by atoms with Gasteiger partial charge in [-0.2, -0.15) is 10.2 Å². The number of fused-ring (bicyclic) bond motifs is 2. The van der Waals surface area contributed by atoms with Gasteiger partial charge in [0, 0.05) is 25.5 Å². The number of aromatic nitrogens is 6. The van der Waals surface area contributed by atoms with Crippen molar-refractivity contribution in [3.05, 3.63) is 54.5 Å². The van der Waals surface area contributed by atoms with Crippen molar-refractivity contribution in [1.29, 1.82) is 0 Å². The molecular formula is C21H23N7O. The van der Waals surface area contributed by atoms with Gasteiger partial charge in [-0.25, -0.2) is 4.98 Å². The number of nitrogens with zero attached hydrogens (tertiary/aromatic N) is 6. The Morgan fingerprint density at radius 2 is 2.14 bits per heavy atom. The van der Waals surface area contributed by atoms with Crippen LogP contribution in [-0.2, 0) is 17.9 Å². The summed E-state index contributed by atoms with van der Waals surface area (Å²) < 4.78 is 3.76. The Morgan fingerprint density at radius 1 is 1.24 bits per heavy atom. The molecule has 1 aliphatic heterocycles. The maximum Gasteiger partial charge on any atom is 0.247 e. The first-order valence-corrected chi connectivity index (χ1v) is 10.0. The third-order valence-corrected chi connectivity index (χ3v) is 5.47. The number of benzene rings is 1. The van der Waals surface area contributed by atoms with Crippen LogP contribution in [0.15, 0.2) is 48.8 Å². The zero-order valence-electron chi connectivity index (χ0n) is 16.3. The minimum absolute atomic E-state index is 0.108. The molecule has 148 valence electrons. The van der Waals surface area contributed by atoms with Gasteiger partial charge in [-0.05, 0) is 37.1 Å². The number of aryl methyl sites for hydroxylation is 1. The molecule has 8 heteroatoms. The number of carbonyl (C=O) groups excluding carboxylic acids is 1. The smallest absolute Gasteiger partial charge is 0.247 e. The Labute approximate surface area is 168 Å². The van der Waals surface area contributed by atoms with Gasteiger partial charge in [0.25, 0.3) is 0 Å². The lowest BCUT2D eigenvalue weighted by Gasteiger charge is -2.25. The summed E-state index contributed by atoms with van der Waals surface area (Å²) in [6, 6.07) is 11.6. The Balaban J connectivity index is 1.42. The predicted molar refractivity (Wildman–Crippen MR) is 109 cm³/mol. The monoisotopic (exact) mass is 389 g/mol. The lowest BCUT2D eigenvalue weighted by molar-refractivity contribution is -0.135. The van der Waals surface area contributed by atoms with Crippen molar-refractivity contribution in [1.82, 2.24) is 34.4 Å². The van der Waals surface area contributed by atoms with Crippen LogP contribution < -0.4 is 0 Å². The molecule has 4 aromatic rings. The molecule has 1 N–H and O–H groups in total. The summed E-state index contributed by atoms with van der Waals surface area (Å²) >= 11 is 0. The summed E-state index contributed by atoms with van der Waals surface area (Å²) in [5.74, 6) is 0.865. The topological polar surface area (TPSA) is 84.6 Å². The van der Waals surface area contributed by atoms with E-state index in [1.807, 2.05) is 59.1 Å². The average molecular weight is 389 g/mol. The summed E-state index contributed by atoms with van der Waals surface area (Å²) in [6.45, 7) is 4.08. The van der Waals surface area contributed by atoms with Gasteiger partial charge in [-0.1, -0.05) is 19.1 Å². The zero-order chi connectivity index (χ0) is 19.8. The van der Waals surface area contributed by atoms with E-state index in [1.54, 1.807) is 10.9 Å². The number of carbonyl (C=O) groups is 1. The van der Waals surface area contributed by atoms with Gasteiger partial charge < -0.3 is 9.88 Å². The molecule has 1 atom stereocenters. The first-order chi connectivity index (χ1) is 14.2. The first kappa shape index (κ1) is 17.7. The van der Waals surface area contributed by atoms with Crippen LogP contribution in [0.2, 0.25) is 0 Å². The quantitative estimate of drug-likeness (QED) is 0.581. The van der Waals surface area contributed by atoms with E-state index in [1.165, 1.54) is 0 Å². The molecule has 3 aromatic heterocycles. The predicted octanol–water partition coefficient (Wildman–Crippen LogP) is 3.01. The second kappa shape index (κ2) is 7.20. The van der Waals surface area contributed by atoms with Crippen LogP contribution in [0, 0.1) is 0 Å². The van der Waals surface area contributed by atoms with E-state index in [-0.39, 0.29) is 11.9 Å². The highest BCUT2D eigenvalue weighted by Gasteiger charge is 2.27. The standard InChI is InChI=1S/C21H23N7O/c1-2-19(28-11-5-9-22-28)21(29)26-10-6-12-27-15(14-26)13-18(25-27)20-23-16-7-3-4-8-17(16)24-20/h3-5,7-9,11,13,19H,2,6,10,12,14H2,1H3,(H,23,24). The highest BCUT2D eigenvalue weighted by atomic mass is 16.2. The van der Waals surface area contributed by atoms with Crippen molar-refractivity contribution in [2.75, 3.05) is 6.54 Å². The molecule has 0 saturated heterocycles. The van der Waals surface area contributed by atoms with Gasteiger partial charge in [0.2, 0.25) is 5.91 Å². The summed E-state index contributed by atoms with van der Waals surface area (Å²) in [6.07, 6.45) is 5.15. The van der Waals surface area contributed by atoms with Crippen molar-refractivity contribution in [2.24, 2.45) is 0 Å². The number of amides is 1. The molecule has 1 amide bonds. The van der Waals surface area contributed by atoms with Crippen molar-refractivity contribution in [2.45, 2.75) is 38.9 Å². The Kier molecular flexibility index (Phi) is 4.38. The van der Waals surface area contributed by atoms with E-state index in [0.717, 1.165) is 47.8 Å². The first-order valence-electron chi connectivity index (χ1n) is 10.0. The molecular weight excluding hydrogens is 366 g/mol. The normalized spacial score (nSPS) is 15.3. The van der Waals surface area contributed by atoms with E-state index in [4.69, 9.17) is 5.10 Å². The highest BCUT2D eigenvalue weighted by molar-refractivity contribution is 5.80. The molecule has 8 nitrogen and oxygen atoms in total. The van der Waals surface area contributed by atoms with Crippen molar-refractivity contribution < 1.29 is 4.79 Å². The molecule has 0 saturated carbocycles. The number of aromatic amines is 1. The van der Waals surface area contributed by atoms with Gasteiger partial charge in [-0.15, -0.1) is 0 Å². The van der Waals surface area contributed by atoms with E-state index < -0.39 is 0 Å². The van der Waals surface area contributed by atoms with Crippen LogP contribution in [0.4, 0.5) is 0 Å². The van der Waals surface area contributed by atoms with Gasteiger partial charge in [0.05, 0.1) is 23.3 Å². The number of nitrogens with one attached hydrogen (secondary N) is 1. The Morgan fingerprint density at radius 3 is 2.93 bits per heavy atom. The molecule has 1 aliphatic rings. The summed E-state index contributed by atoms with van der Waals surface area (Å²) in [7, 11) is 0. The molecule has 0 radical (unpaired) electrons. The number of hydrogen-bond acceptors (Lipinski definition) is 4. The van der Waals surface area contributed by atoms with Crippen LogP contribution in [-0.4, -0.2) is 46.9 Å². The van der Waals surface area contributed by atoms with E-state index in [9.17, 15) is 4.79 Å². The van der Waals surface area contributed by atoms with Gasteiger partial charge >= 0.3 is 0 Å². The molecule has 0 bridgehead atoms. The molecule has 0 fully saturated rings. The summed E-state index contributed by atoms with van der Waals surface area (Å²) in [4.78, 5) is 23.1. The second-order valence-electron chi connectivity index (χ2n) is 7.37. The number of rotatable bonds is 4. The molecule has 1 aromatic carbocycles. The van der Waals surface area contributed by atoms with Crippen molar-refractivity contribution in [3.8, 4) is 11.5 Å². The molecule has 1 unspecified atom stereocenters. The molecule has 0 aliphatic carbocycles. The third kappa shape index (κ3) is 3.20. The van der Waals surface area contributed by atoms with Crippen LogP contribution in [0.1, 0.15) is 31.5 Å². The maximum atomic E-state index is 13.2. The Bertz CT molecular complexity index is 1110. The van der Waals surface area contributed by atoms with Crippen molar-refractivity contribution in [3.63, 3.8) is 0 Å². The van der Waals surface area contributed by atoms with Gasteiger partial charge in [0.1, 0.15) is 11.7 Å². The fourth-order valence-electron chi connectivity index (χ4n) is 3.99. The number of H-pyrrole nitrogens is 1. The van der Waals surface area contributed by atoms with Crippen LogP contribution >= 0.6 is 0 Å². The number of hydrogen-bond donors (Lipinski definition) is 1. The molecule has 0 spiro atoms. The van der Waals surface area contributed by atoms with Gasteiger partial charge in [-0.3, -0.25) is 14.2 Å². The van der Waals surface area contributed by atoms with Crippen LogP contribution in [0.5, 0.6) is 0 Å². The lowest BCUT2D eigenvalue weighted by atomic mass is 10.2. The molecule has 4 heterocycles. The third-order valence-electron chi connectivity index (χ3n) is 5.47. The van der Waals surface area contributed by atoms with E-state index >= 15 is 0 Å². The van der Waals surface area contributed by atoms with Crippen LogP contribution in [0.25, 0.3) is 22.6 Å². The zero-order valence-corrected chi connectivity index (χ0v) is 16.3. The minimum atomic E-state index is -0.269. The van der Waals surface area contributed by atoms with Crippen LogP contribution in [0.3, 0.4) is 0 Å². The highest BCUT2D eigenvalue weighted by Crippen LogP contribution is 2.24. The largest absolute Gasteiger partial charge is 0.337 e. The van der Waals surface area contributed by atoms with E-state index in [2.05, 4.69) is 15.1 Å². The maximum absolute atomic E-state index is 13.2. The lowest BCUT2D eigenvalue weighted by Crippen LogP contribution is -2.37.